The first-order valence-electron chi connectivity index (χ1n) is 7.91. The number of nitrogens with one attached hydrogen (secondary N) is 3. The quantitative estimate of drug-likeness (QED) is 0.614. The third-order valence-electron chi connectivity index (χ3n) is 4.12. The normalized spacial score (nSPS) is 16.0. The van der Waals surface area contributed by atoms with E-state index in [-0.39, 0.29) is 5.91 Å². The van der Waals surface area contributed by atoms with Gasteiger partial charge in [0.1, 0.15) is 5.21 Å². The number of allylic oxidation sites excluding steroid dienone is 1. The molecule has 0 saturated heterocycles. The first-order valence-corrected chi connectivity index (χ1v) is 8.29. The molecule has 0 bridgehead atoms. The number of pyridine rings is 1. The summed E-state index contributed by atoms with van der Waals surface area (Å²) < 4.78 is 1.67. The highest BCUT2D eigenvalue weighted by atomic mass is 35.5. The van der Waals surface area contributed by atoms with Crippen LogP contribution < -0.4 is 15.3 Å². The molecule has 4 rings (SSSR count). The Morgan fingerprint density at radius 2 is 2.12 bits per heavy atom. The van der Waals surface area contributed by atoms with Crippen LogP contribution in [0, 0.1) is 0 Å². The number of fused-ring (bicyclic) bond motifs is 1. The predicted octanol–water partition coefficient (Wildman–Crippen LogP) is 2.07. The number of nitrogens with zero attached hydrogens (tertiary/aromatic N) is 4. The molecule has 9 heteroatoms. The lowest BCUT2D eigenvalue weighted by molar-refractivity contribution is -0.750. The summed E-state index contributed by atoms with van der Waals surface area (Å²) in [6, 6.07) is 10.4. The number of hydrogen-bond donors (Lipinski definition) is 3. The standard InChI is InChI=1S/C17H14ClN7O/c1-10-14(16(26)21-11-5-4-8-19-9-11)15(12-6-2-3-7-13(12)18)25-17(20-10)22-23-24-25/h2-9,15H,1H3,(H2,20,21,22,24,26)/p+1. The van der Waals surface area contributed by atoms with Crippen LogP contribution in [-0.2, 0) is 4.79 Å². The molecule has 26 heavy (non-hydrogen) atoms. The van der Waals surface area contributed by atoms with E-state index in [0.29, 0.717) is 27.9 Å². The van der Waals surface area contributed by atoms with Crippen molar-refractivity contribution in [3.8, 4) is 0 Å². The number of aromatic amines is 1. The fraction of sp³-hybridized carbons (Fsp3) is 0.118. The van der Waals surface area contributed by atoms with E-state index in [4.69, 9.17) is 11.6 Å². The van der Waals surface area contributed by atoms with E-state index in [9.17, 15) is 4.79 Å². The van der Waals surface area contributed by atoms with E-state index >= 15 is 0 Å². The molecule has 0 fully saturated rings. The van der Waals surface area contributed by atoms with Crippen molar-refractivity contribution in [3.63, 3.8) is 0 Å². The van der Waals surface area contributed by atoms with Gasteiger partial charge in [-0.1, -0.05) is 29.8 Å². The number of rotatable bonds is 3. The van der Waals surface area contributed by atoms with E-state index in [1.807, 2.05) is 25.1 Å². The van der Waals surface area contributed by atoms with Crippen LogP contribution in [0.1, 0.15) is 18.5 Å². The Morgan fingerprint density at radius 1 is 1.27 bits per heavy atom. The molecule has 3 heterocycles. The molecule has 1 aliphatic heterocycles. The maximum atomic E-state index is 13.1. The summed E-state index contributed by atoms with van der Waals surface area (Å²) in [7, 11) is 0. The summed E-state index contributed by atoms with van der Waals surface area (Å²) in [6.45, 7) is 1.82. The number of carbonyl (C=O) groups is 1. The van der Waals surface area contributed by atoms with Gasteiger partial charge in [0.2, 0.25) is 0 Å². The van der Waals surface area contributed by atoms with Crippen LogP contribution in [0.3, 0.4) is 0 Å². The van der Waals surface area contributed by atoms with Gasteiger partial charge in [-0.05, 0) is 25.1 Å². The number of benzene rings is 1. The van der Waals surface area contributed by atoms with Gasteiger partial charge in [0, 0.05) is 16.8 Å². The summed E-state index contributed by atoms with van der Waals surface area (Å²) in [4.78, 5) is 17.1. The van der Waals surface area contributed by atoms with Gasteiger partial charge < -0.3 is 5.32 Å². The van der Waals surface area contributed by atoms with Gasteiger partial charge in [-0.25, -0.2) is 0 Å². The van der Waals surface area contributed by atoms with Crippen molar-refractivity contribution in [2.75, 3.05) is 10.6 Å². The summed E-state index contributed by atoms with van der Waals surface area (Å²) >= 11 is 6.42. The molecule has 1 aromatic carbocycles. The van der Waals surface area contributed by atoms with Crippen LogP contribution in [0.5, 0.6) is 0 Å². The molecule has 0 aliphatic carbocycles. The Labute approximate surface area is 153 Å². The van der Waals surface area contributed by atoms with Crippen LogP contribution in [-0.4, -0.2) is 26.4 Å². The second kappa shape index (κ2) is 6.57. The van der Waals surface area contributed by atoms with E-state index < -0.39 is 6.04 Å². The number of H-pyrrole nitrogens is 1. The number of halogens is 1. The zero-order valence-electron chi connectivity index (χ0n) is 13.8. The number of tetrazole rings is 1. The minimum atomic E-state index is -0.494. The summed E-state index contributed by atoms with van der Waals surface area (Å²) in [5, 5.41) is 17.2. The second-order valence-electron chi connectivity index (χ2n) is 5.78. The Hall–Kier alpha value is -3.26. The van der Waals surface area contributed by atoms with Gasteiger partial charge in [-0.2, -0.15) is 0 Å². The SMILES string of the molecule is CC1=C(C(=O)Nc2cccnc2)C(c2ccccc2Cl)[n+]2[nH]nnc2N1. The van der Waals surface area contributed by atoms with Crippen molar-refractivity contribution in [2.45, 2.75) is 13.0 Å². The Balaban J connectivity index is 1.80. The van der Waals surface area contributed by atoms with E-state index in [1.165, 1.54) is 0 Å². The molecule has 0 radical (unpaired) electrons. The summed E-state index contributed by atoms with van der Waals surface area (Å²) in [6.07, 6.45) is 3.23. The number of carbonyl (C=O) groups excluding carboxylic acids is 1. The highest BCUT2D eigenvalue weighted by molar-refractivity contribution is 6.31. The van der Waals surface area contributed by atoms with Crippen molar-refractivity contribution >= 4 is 29.1 Å². The molecular weight excluding hydrogens is 354 g/mol. The largest absolute Gasteiger partial charge is 0.405 e. The minimum absolute atomic E-state index is 0.263. The number of anilines is 2. The van der Waals surface area contributed by atoms with E-state index in [1.54, 1.807) is 35.3 Å². The third kappa shape index (κ3) is 2.80. The van der Waals surface area contributed by atoms with Crippen LogP contribution in [0.15, 0.2) is 60.1 Å². The number of amides is 1. The van der Waals surface area contributed by atoms with Crippen LogP contribution in [0.25, 0.3) is 0 Å². The van der Waals surface area contributed by atoms with E-state index in [2.05, 4.69) is 31.1 Å². The van der Waals surface area contributed by atoms with Crippen LogP contribution in [0.2, 0.25) is 5.02 Å². The first kappa shape index (κ1) is 16.2. The second-order valence-corrected chi connectivity index (χ2v) is 6.18. The summed E-state index contributed by atoms with van der Waals surface area (Å²) in [5.41, 5.74) is 2.55. The van der Waals surface area contributed by atoms with Gasteiger partial charge in [-0.15, -0.1) is 9.90 Å². The van der Waals surface area contributed by atoms with Crippen molar-refractivity contribution < 1.29 is 9.48 Å². The molecule has 3 aromatic rings. The fourth-order valence-corrected chi connectivity index (χ4v) is 3.21. The molecule has 2 aromatic heterocycles. The van der Waals surface area contributed by atoms with E-state index in [0.717, 1.165) is 5.56 Å². The fourth-order valence-electron chi connectivity index (χ4n) is 2.97. The molecular formula is C17H15ClN7O+. The average molecular weight is 369 g/mol. The molecule has 0 saturated carbocycles. The number of aromatic nitrogens is 5. The lowest BCUT2D eigenvalue weighted by Gasteiger charge is -2.24. The smallest absolute Gasteiger partial charge is 0.321 e. The summed E-state index contributed by atoms with van der Waals surface area (Å²) in [5.74, 6) is 0.242. The minimum Gasteiger partial charge on any atom is -0.321 e. The van der Waals surface area contributed by atoms with Crippen molar-refractivity contribution in [1.29, 1.82) is 0 Å². The Bertz CT molecular complexity index is 999. The van der Waals surface area contributed by atoms with Crippen molar-refractivity contribution in [1.82, 2.24) is 20.5 Å². The lowest BCUT2D eigenvalue weighted by Crippen LogP contribution is -2.50. The third-order valence-corrected chi connectivity index (χ3v) is 4.47. The molecule has 1 amide bonds. The molecule has 1 unspecified atom stereocenters. The first-order chi connectivity index (χ1) is 12.6. The monoisotopic (exact) mass is 368 g/mol. The molecule has 0 spiro atoms. The highest BCUT2D eigenvalue weighted by Crippen LogP contribution is 2.33. The maximum Gasteiger partial charge on any atom is 0.405 e. The highest BCUT2D eigenvalue weighted by Gasteiger charge is 2.39. The van der Waals surface area contributed by atoms with Crippen molar-refractivity contribution in [3.05, 3.63) is 70.6 Å². The molecule has 130 valence electrons. The number of hydrogen-bond acceptors (Lipinski definition) is 5. The molecule has 1 aliphatic rings. The van der Waals surface area contributed by atoms with Gasteiger partial charge in [0.25, 0.3) is 5.91 Å². The van der Waals surface area contributed by atoms with Crippen LogP contribution >= 0.6 is 11.6 Å². The zero-order valence-corrected chi connectivity index (χ0v) is 14.5. The topological polar surface area (TPSA) is 99.5 Å². The van der Waals surface area contributed by atoms with Gasteiger partial charge >= 0.3 is 5.95 Å². The average Bonchev–Trinajstić information content (AvgIpc) is 3.10. The lowest BCUT2D eigenvalue weighted by atomic mass is 9.95. The van der Waals surface area contributed by atoms with Gasteiger partial charge in [-0.3, -0.25) is 15.1 Å². The van der Waals surface area contributed by atoms with Crippen molar-refractivity contribution in [2.24, 2.45) is 0 Å². The maximum absolute atomic E-state index is 13.1. The molecule has 3 N–H and O–H groups in total. The van der Waals surface area contributed by atoms with Crippen LogP contribution in [0.4, 0.5) is 11.6 Å². The van der Waals surface area contributed by atoms with Gasteiger partial charge in [0.05, 0.1) is 28.3 Å². The predicted molar refractivity (Wildman–Crippen MR) is 95.4 cm³/mol. The molecule has 8 nitrogen and oxygen atoms in total. The Kier molecular flexibility index (Phi) is 4.10. The Morgan fingerprint density at radius 3 is 2.88 bits per heavy atom. The molecule has 1 atom stereocenters. The van der Waals surface area contributed by atoms with Gasteiger partial charge in [0.15, 0.2) is 6.04 Å². The zero-order chi connectivity index (χ0) is 18.1.